The zero-order chi connectivity index (χ0) is 10.3. The van der Waals surface area contributed by atoms with Gasteiger partial charge < -0.3 is 10.8 Å². The van der Waals surface area contributed by atoms with Crippen LogP contribution < -0.4 is 5.73 Å². The second-order valence-electron chi connectivity index (χ2n) is 4.21. The van der Waals surface area contributed by atoms with Gasteiger partial charge in [-0.25, -0.2) is 4.39 Å². The maximum Gasteiger partial charge on any atom is 0.126 e. The first-order chi connectivity index (χ1) is 6.52. The molecule has 1 aromatic carbocycles. The number of nitrogens with two attached hydrogens (primary N) is 1. The summed E-state index contributed by atoms with van der Waals surface area (Å²) in [6.45, 7) is 1.68. The third-order valence-electron chi connectivity index (χ3n) is 2.93. The predicted molar refractivity (Wildman–Crippen MR) is 52.7 cm³/mol. The van der Waals surface area contributed by atoms with Gasteiger partial charge >= 0.3 is 0 Å². The van der Waals surface area contributed by atoms with Crippen molar-refractivity contribution in [1.29, 1.82) is 0 Å². The molecule has 0 amide bonds. The second-order valence-corrected chi connectivity index (χ2v) is 4.21. The molecule has 0 radical (unpaired) electrons. The Morgan fingerprint density at radius 2 is 2.14 bits per heavy atom. The third-order valence-corrected chi connectivity index (χ3v) is 2.93. The van der Waals surface area contributed by atoms with Crippen LogP contribution in [-0.2, 0) is 6.42 Å². The van der Waals surface area contributed by atoms with Crippen molar-refractivity contribution in [2.75, 3.05) is 0 Å². The Morgan fingerprint density at radius 1 is 1.50 bits per heavy atom. The number of rotatable bonds is 2. The van der Waals surface area contributed by atoms with E-state index >= 15 is 0 Å². The molecule has 1 aromatic rings. The highest BCUT2D eigenvalue weighted by atomic mass is 19.1. The van der Waals surface area contributed by atoms with E-state index in [1.165, 1.54) is 12.1 Å². The smallest absolute Gasteiger partial charge is 0.126 e. The summed E-state index contributed by atoms with van der Waals surface area (Å²) in [4.78, 5) is 0. The maximum absolute atomic E-state index is 13.2. The van der Waals surface area contributed by atoms with Crippen molar-refractivity contribution in [3.05, 3.63) is 29.1 Å². The summed E-state index contributed by atoms with van der Waals surface area (Å²) in [6, 6.07) is 2.67. The van der Waals surface area contributed by atoms with Gasteiger partial charge in [-0.3, -0.25) is 0 Å². The van der Waals surface area contributed by atoms with E-state index < -0.39 is 0 Å². The summed E-state index contributed by atoms with van der Waals surface area (Å²) >= 11 is 0. The molecule has 14 heavy (non-hydrogen) atoms. The van der Waals surface area contributed by atoms with Gasteiger partial charge in [0.05, 0.1) is 0 Å². The topological polar surface area (TPSA) is 46.2 Å². The summed E-state index contributed by atoms with van der Waals surface area (Å²) in [5, 5.41) is 9.58. The van der Waals surface area contributed by atoms with Gasteiger partial charge in [0.15, 0.2) is 0 Å². The highest BCUT2D eigenvalue weighted by Crippen LogP contribution is 2.38. The van der Waals surface area contributed by atoms with E-state index in [2.05, 4.69) is 0 Å². The van der Waals surface area contributed by atoms with Crippen molar-refractivity contribution in [2.24, 2.45) is 5.73 Å². The van der Waals surface area contributed by atoms with E-state index in [0.717, 1.165) is 12.8 Å². The van der Waals surface area contributed by atoms with Crippen molar-refractivity contribution < 1.29 is 9.50 Å². The minimum Gasteiger partial charge on any atom is -0.508 e. The average Bonchev–Trinajstić information content (AvgIpc) is 2.86. The first kappa shape index (κ1) is 9.46. The van der Waals surface area contributed by atoms with Gasteiger partial charge in [0, 0.05) is 11.1 Å². The average molecular weight is 195 g/mol. The van der Waals surface area contributed by atoms with E-state index in [0.29, 0.717) is 17.5 Å². The molecule has 0 aliphatic heterocycles. The van der Waals surface area contributed by atoms with Crippen LogP contribution in [0, 0.1) is 12.7 Å². The highest BCUT2D eigenvalue weighted by Gasteiger charge is 2.39. The standard InChI is InChI=1S/C11H14FNO/c1-7-8(6-11(13)4-5-11)10(14)3-2-9(7)12/h2-3,14H,4-6,13H2,1H3. The van der Waals surface area contributed by atoms with Crippen molar-refractivity contribution in [3.8, 4) is 5.75 Å². The molecule has 0 saturated heterocycles. The highest BCUT2D eigenvalue weighted by molar-refractivity contribution is 5.41. The minimum absolute atomic E-state index is 0.153. The van der Waals surface area contributed by atoms with E-state index in [1.54, 1.807) is 6.92 Å². The van der Waals surface area contributed by atoms with Crippen LogP contribution in [0.1, 0.15) is 24.0 Å². The van der Waals surface area contributed by atoms with Crippen molar-refractivity contribution in [3.63, 3.8) is 0 Å². The molecule has 1 saturated carbocycles. The molecule has 1 aliphatic carbocycles. The molecule has 76 valence electrons. The van der Waals surface area contributed by atoms with Crippen molar-refractivity contribution in [1.82, 2.24) is 0 Å². The number of aromatic hydroxyl groups is 1. The number of hydrogen-bond acceptors (Lipinski definition) is 2. The molecule has 1 aliphatic rings. The molecule has 0 spiro atoms. The van der Waals surface area contributed by atoms with Gasteiger partial charge in [-0.2, -0.15) is 0 Å². The fourth-order valence-electron chi connectivity index (χ4n) is 1.63. The Balaban J connectivity index is 2.35. The zero-order valence-electron chi connectivity index (χ0n) is 8.18. The van der Waals surface area contributed by atoms with Gasteiger partial charge in [0.2, 0.25) is 0 Å². The van der Waals surface area contributed by atoms with Crippen LogP contribution in [0.25, 0.3) is 0 Å². The third kappa shape index (κ3) is 1.60. The normalized spacial score (nSPS) is 18.2. The Hall–Kier alpha value is -1.09. The van der Waals surface area contributed by atoms with Gasteiger partial charge in [-0.1, -0.05) is 0 Å². The van der Waals surface area contributed by atoms with Crippen molar-refractivity contribution in [2.45, 2.75) is 31.7 Å². The Kier molecular flexibility index (Phi) is 2.00. The number of phenols is 1. The fourth-order valence-corrected chi connectivity index (χ4v) is 1.63. The molecule has 2 nitrogen and oxygen atoms in total. The number of benzene rings is 1. The van der Waals surface area contributed by atoms with E-state index in [9.17, 15) is 9.50 Å². The van der Waals surface area contributed by atoms with Crippen LogP contribution in [0.4, 0.5) is 4.39 Å². The Bertz CT molecular complexity index is 372. The van der Waals surface area contributed by atoms with E-state index in [4.69, 9.17) is 5.73 Å². The maximum atomic E-state index is 13.2. The molecule has 2 rings (SSSR count). The van der Waals surface area contributed by atoms with Gasteiger partial charge in [0.25, 0.3) is 0 Å². The first-order valence-electron chi connectivity index (χ1n) is 4.78. The van der Waals surface area contributed by atoms with E-state index in [1.807, 2.05) is 0 Å². The first-order valence-corrected chi connectivity index (χ1v) is 4.78. The summed E-state index contributed by atoms with van der Waals surface area (Å²) in [7, 11) is 0. The van der Waals surface area contributed by atoms with Crippen LogP contribution in [0.2, 0.25) is 0 Å². The van der Waals surface area contributed by atoms with Crippen LogP contribution in [0.3, 0.4) is 0 Å². The molecule has 0 atom stereocenters. The lowest BCUT2D eigenvalue weighted by Crippen LogP contribution is -2.25. The van der Waals surface area contributed by atoms with Gasteiger partial charge in [-0.05, 0) is 43.9 Å². The molecular formula is C11H14FNO. The van der Waals surface area contributed by atoms with Crippen molar-refractivity contribution >= 4 is 0 Å². The van der Waals surface area contributed by atoms with Crippen LogP contribution in [0.15, 0.2) is 12.1 Å². The summed E-state index contributed by atoms with van der Waals surface area (Å²) in [6.07, 6.45) is 2.49. The number of hydrogen-bond donors (Lipinski definition) is 2. The summed E-state index contributed by atoms with van der Waals surface area (Å²) in [5.74, 6) is -0.123. The second kappa shape index (κ2) is 2.95. The lowest BCUT2D eigenvalue weighted by atomic mass is 9.99. The van der Waals surface area contributed by atoms with Crippen LogP contribution >= 0.6 is 0 Å². The Morgan fingerprint density at radius 3 is 2.71 bits per heavy atom. The number of halogens is 1. The van der Waals surface area contributed by atoms with Gasteiger partial charge in [-0.15, -0.1) is 0 Å². The fraction of sp³-hybridized carbons (Fsp3) is 0.455. The zero-order valence-corrected chi connectivity index (χ0v) is 8.18. The molecule has 3 N–H and O–H groups in total. The monoisotopic (exact) mass is 195 g/mol. The molecule has 3 heteroatoms. The largest absolute Gasteiger partial charge is 0.508 e. The summed E-state index contributed by atoms with van der Waals surface area (Å²) in [5.41, 5.74) is 6.91. The molecule has 1 fully saturated rings. The number of phenolic OH excluding ortho intramolecular Hbond substituents is 1. The van der Waals surface area contributed by atoms with Gasteiger partial charge in [0.1, 0.15) is 11.6 Å². The lowest BCUT2D eigenvalue weighted by Gasteiger charge is -2.13. The molecule has 0 aromatic heterocycles. The molecule has 0 bridgehead atoms. The van der Waals surface area contributed by atoms with Crippen LogP contribution in [0.5, 0.6) is 5.75 Å². The molecule has 0 unspecified atom stereocenters. The summed E-state index contributed by atoms with van der Waals surface area (Å²) < 4.78 is 13.2. The lowest BCUT2D eigenvalue weighted by molar-refractivity contribution is 0.459. The predicted octanol–water partition coefficient (Wildman–Crippen LogP) is 1.87. The minimum atomic E-state index is -0.276. The molecule has 0 heterocycles. The Labute approximate surface area is 82.5 Å². The van der Waals surface area contributed by atoms with Crippen LogP contribution in [-0.4, -0.2) is 10.6 Å². The quantitative estimate of drug-likeness (QED) is 0.756. The van der Waals surface area contributed by atoms with E-state index in [-0.39, 0.29) is 17.1 Å². The SMILES string of the molecule is Cc1c(F)ccc(O)c1CC1(N)CC1. The molecular weight excluding hydrogens is 181 g/mol.